The van der Waals surface area contributed by atoms with Crippen molar-refractivity contribution >= 4 is 0 Å². The lowest BCUT2D eigenvalue weighted by molar-refractivity contribution is -0.862. The molecule has 0 saturated carbocycles. The zero-order chi connectivity index (χ0) is 11.6. The molecule has 15 heavy (non-hydrogen) atoms. The van der Waals surface area contributed by atoms with E-state index in [1.54, 1.807) is 0 Å². The maximum atomic E-state index is 10.4. The third-order valence-electron chi connectivity index (χ3n) is 1.77. The lowest BCUT2D eigenvalue weighted by atomic mass is 10.1. The number of hydrogen-bond donors (Lipinski definition) is 2. The van der Waals surface area contributed by atoms with Gasteiger partial charge in [-0.05, 0) is 12.1 Å². The lowest BCUT2D eigenvalue weighted by Crippen LogP contribution is -2.43. The Kier molecular flexibility index (Phi) is 2.53. The van der Waals surface area contributed by atoms with Crippen LogP contribution in [0.2, 0.25) is 0 Å². The van der Waals surface area contributed by atoms with Gasteiger partial charge in [-0.25, -0.2) is 0 Å². The van der Waals surface area contributed by atoms with Gasteiger partial charge in [0.05, 0.1) is 0 Å². The first-order chi connectivity index (χ1) is 6.90. The van der Waals surface area contributed by atoms with Gasteiger partial charge in [-0.1, -0.05) is 12.1 Å². The van der Waals surface area contributed by atoms with E-state index < -0.39 is 27.0 Å². The molecule has 0 heterocycles. The molecule has 0 aromatic heterocycles. The number of phenols is 1. The molecule has 8 heteroatoms. The van der Waals surface area contributed by atoms with Gasteiger partial charge in [-0.3, -0.25) is 25.3 Å². The van der Waals surface area contributed by atoms with Crippen LogP contribution >= 0.6 is 0 Å². The smallest absolute Gasteiger partial charge is 0.507 e. The van der Waals surface area contributed by atoms with Gasteiger partial charge in [0.25, 0.3) is 0 Å². The van der Waals surface area contributed by atoms with E-state index in [1.807, 2.05) is 0 Å². The second kappa shape index (κ2) is 3.50. The quantitative estimate of drug-likeness (QED) is 0.415. The molecule has 80 valence electrons. The Labute approximate surface area is 82.7 Å². The minimum Gasteiger partial charge on any atom is -0.507 e. The van der Waals surface area contributed by atoms with Crippen LogP contribution in [0.4, 0.5) is 0 Å². The van der Waals surface area contributed by atoms with E-state index in [1.165, 1.54) is 12.1 Å². The van der Waals surface area contributed by atoms with E-state index in [9.17, 15) is 30.4 Å². The normalized spacial score (nSPS) is 11.0. The van der Waals surface area contributed by atoms with Crippen molar-refractivity contribution in [3.63, 3.8) is 0 Å². The van der Waals surface area contributed by atoms with E-state index in [4.69, 9.17) is 0 Å². The molecule has 0 aliphatic carbocycles. The van der Waals surface area contributed by atoms with Crippen molar-refractivity contribution in [1.82, 2.24) is 0 Å². The van der Waals surface area contributed by atoms with Gasteiger partial charge in [-0.2, -0.15) is 0 Å². The fourth-order valence-corrected chi connectivity index (χ4v) is 1.02. The number of benzene rings is 1. The minimum absolute atomic E-state index is 0.714. The van der Waals surface area contributed by atoms with Gasteiger partial charge in [0.15, 0.2) is 5.56 Å². The standard InChI is InChI=1S/C7H6N2O6/c10-6-4-2-1-3-5(6)7(11,8(12)13)9(14)15/h1-4,10-11H. The third kappa shape index (κ3) is 1.57. The molecule has 0 spiro atoms. The van der Waals surface area contributed by atoms with Crippen LogP contribution < -0.4 is 0 Å². The lowest BCUT2D eigenvalue weighted by Gasteiger charge is -2.10. The summed E-state index contributed by atoms with van der Waals surface area (Å²) in [6.45, 7) is 0. The second-order valence-corrected chi connectivity index (χ2v) is 2.67. The molecule has 8 nitrogen and oxygen atoms in total. The van der Waals surface area contributed by atoms with Crippen LogP contribution in [0.25, 0.3) is 0 Å². The van der Waals surface area contributed by atoms with Crippen LogP contribution in [0.5, 0.6) is 5.75 Å². The summed E-state index contributed by atoms with van der Waals surface area (Å²) in [5, 5.41) is 39.3. The molecular weight excluding hydrogens is 208 g/mol. The molecule has 0 radical (unpaired) electrons. The first kappa shape index (κ1) is 10.9. The third-order valence-corrected chi connectivity index (χ3v) is 1.77. The molecule has 0 atom stereocenters. The maximum absolute atomic E-state index is 10.4. The van der Waals surface area contributed by atoms with E-state index in [2.05, 4.69) is 0 Å². The average Bonchev–Trinajstić information content (AvgIpc) is 2.16. The topological polar surface area (TPSA) is 127 Å². The molecule has 1 aromatic rings. The Bertz CT molecular complexity index is 404. The number of nitro groups is 2. The molecule has 1 rings (SSSR count). The summed E-state index contributed by atoms with van der Waals surface area (Å²) in [6.07, 6.45) is 0. The van der Waals surface area contributed by atoms with Crippen molar-refractivity contribution < 1.29 is 20.1 Å². The summed E-state index contributed by atoms with van der Waals surface area (Å²) < 4.78 is 0. The van der Waals surface area contributed by atoms with Gasteiger partial charge in [-0.15, -0.1) is 0 Å². The Morgan fingerprint density at radius 3 is 2.00 bits per heavy atom. The highest BCUT2D eigenvalue weighted by Gasteiger charge is 2.58. The number of aliphatic hydroxyl groups is 1. The van der Waals surface area contributed by atoms with Crippen molar-refractivity contribution in [2.45, 2.75) is 5.85 Å². The highest BCUT2D eigenvalue weighted by Crippen LogP contribution is 2.29. The number of aromatic hydroxyl groups is 1. The zero-order valence-corrected chi connectivity index (χ0v) is 7.23. The first-order valence-electron chi connectivity index (χ1n) is 3.70. The van der Waals surface area contributed by atoms with Gasteiger partial charge >= 0.3 is 5.85 Å². The van der Waals surface area contributed by atoms with Crippen molar-refractivity contribution in [1.29, 1.82) is 0 Å². The predicted octanol–water partition coefficient (Wildman–Crippen LogP) is 0.0482. The maximum Gasteiger partial charge on any atom is 0.608 e. The average molecular weight is 214 g/mol. The Balaban J connectivity index is 3.41. The molecule has 0 aliphatic heterocycles. The Hall–Kier alpha value is -2.22. The monoisotopic (exact) mass is 214 g/mol. The summed E-state index contributed by atoms with van der Waals surface area (Å²) in [7, 11) is 0. The SMILES string of the molecule is O=[N+]([O-])C(O)(c1ccccc1O)[N+](=O)[O-]. The largest absolute Gasteiger partial charge is 0.608 e. The number of rotatable bonds is 3. The predicted molar refractivity (Wildman–Crippen MR) is 46.0 cm³/mol. The fraction of sp³-hybridized carbons (Fsp3) is 0.143. The van der Waals surface area contributed by atoms with Crippen molar-refractivity contribution in [3.8, 4) is 5.75 Å². The molecule has 2 N–H and O–H groups in total. The number of phenolic OH excluding ortho intramolecular Hbond substituents is 1. The van der Waals surface area contributed by atoms with E-state index in [0.29, 0.717) is 0 Å². The summed E-state index contributed by atoms with van der Waals surface area (Å²) in [6, 6.07) is 4.46. The molecule has 0 saturated heterocycles. The van der Waals surface area contributed by atoms with E-state index in [0.717, 1.165) is 12.1 Å². The van der Waals surface area contributed by atoms with E-state index in [-0.39, 0.29) is 0 Å². The van der Waals surface area contributed by atoms with Gasteiger partial charge in [0, 0.05) is 0 Å². The molecular formula is C7H6N2O6. The summed E-state index contributed by atoms with van der Waals surface area (Å²) in [5.41, 5.74) is -0.778. The Morgan fingerprint density at radius 1 is 1.13 bits per heavy atom. The molecule has 0 fully saturated rings. The van der Waals surface area contributed by atoms with Crippen LogP contribution in [0.3, 0.4) is 0 Å². The van der Waals surface area contributed by atoms with Crippen LogP contribution in [-0.2, 0) is 5.85 Å². The van der Waals surface area contributed by atoms with Crippen LogP contribution in [0.1, 0.15) is 5.56 Å². The summed E-state index contributed by atoms with van der Waals surface area (Å²) in [4.78, 5) is 17.9. The second-order valence-electron chi connectivity index (χ2n) is 2.67. The van der Waals surface area contributed by atoms with Gasteiger partial charge in [0.2, 0.25) is 0 Å². The Morgan fingerprint density at radius 2 is 1.60 bits per heavy atom. The fourth-order valence-electron chi connectivity index (χ4n) is 1.02. The van der Waals surface area contributed by atoms with Crippen LogP contribution in [-0.4, -0.2) is 20.1 Å². The highest BCUT2D eigenvalue weighted by molar-refractivity contribution is 5.33. The number of hydrogen-bond acceptors (Lipinski definition) is 6. The van der Waals surface area contributed by atoms with Crippen LogP contribution in [0.15, 0.2) is 24.3 Å². The van der Waals surface area contributed by atoms with Crippen molar-refractivity contribution in [3.05, 3.63) is 50.1 Å². The number of para-hydroxylation sites is 1. The van der Waals surface area contributed by atoms with Crippen molar-refractivity contribution in [2.75, 3.05) is 0 Å². The molecule has 0 amide bonds. The molecule has 1 aromatic carbocycles. The highest BCUT2D eigenvalue weighted by atomic mass is 16.7. The minimum atomic E-state index is -3.52. The van der Waals surface area contributed by atoms with Gasteiger partial charge < -0.3 is 5.11 Å². The number of nitrogens with zero attached hydrogens (tertiary/aromatic N) is 2. The molecule has 0 bridgehead atoms. The van der Waals surface area contributed by atoms with Gasteiger partial charge in [0.1, 0.15) is 15.6 Å². The summed E-state index contributed by atoms with van der Waals surface area (Å²) >= 11 is 0. The van der Waals surface area contributed by atoms with E-state index >= 15 is 0 Å². The van der Waals surface area contributed by atoms with Crippen molar-refractivity contribution in [2.24, 2.45) is 0 Å². The van der Waals surface area contributed by atoms with Crippen LogP contribution in [0, 0.1) is 20.2 Å². The molecule has 0 aliphatic rings. The first-order valence-corrected chi connectivity index (χ1v) is 3.70. The molecule has 0 unspecified atom stereocenters. The summed E-state index contributed by atoms with van der Waals surface area (Å²) in [5.74, 6) is -4.24. The zero-order valence-electron chi connectivity index (χ0n) is 7.23.